The molecular formula is C16H22FNO2. The molecule has 1 amide bonds. The second kappa shape index (κ2) is 6.35. The van der Waals surface area contributed by atoms with Crippen molar-refractivity contribution in [3.05, 3.63) is 35.6 Å². The molecule has 0 unspecified atom stereocenters. The molecule has 1 aromatic rings. The van der Waals surface area contributed by atoms with Crippen LogP contribution >= 0.6 is 0 Å². The zero-order valence-electron chi connectivity index (χ0n) is 12.2. The number of hydrogen-bond acceptors (Lipinski definition) is 2. The van der Waals surface area contributed by atoms with Crippen molar-refractivity contribution in [2.45, 2.75) is 38.6 Å². The molecule has 1 heterocycles. The van der Waals surface area contributed by atoms with Crippen molar-refractivity contribution in [3.8, 4) is 0 Å². The van der Waals surface area contributed by atoms with E-state index in [1.165, 1.54) is 12.1 Å². The number of nitrogens with zero attached hydrogens (tertiary/aromatic N) is 1. The monoisotopic (exact) mass is 279 g/mol. The molecule has 3 nitrogen and oxygen atoms in total. The van der Waals surface area contributed by atoms with Crippen molar-refractivity contribution in [1.82, 2.24) is 4.90 Å². The van der Waals surface area contributed by atoms with Crippen molar-refractivity contribution < 1.29 is 13.9 Å². The number of amides is 1. The van der Waals surface area contributed by atoms with Gasteiger partial charge in [0, 0.05) is 13.0 Å². The largest absolute Gasteiger partial charge is 0.377 e. The first-order chi connectivity index (χ1) is 9.49. The van der Waals surface area contributed by atoms with E-state index < -0.39 is 0 Å². The Morgan fingerprint density at radius 1 is 1.35 bits per heavy atom. The Hall–Kier alpha value is -1.42. The van der Waals surface area contributed by atoms with Gasteiger partial charge in [-0.05, 0) is 44.4 Å². The fourth-order valence-corrected chi connectivity index (χ4v) is 2.55. The Labute approximate surface area is 119 Å². The van der Waals surface area contributed by atoms with Crippen LogP contribution in [0.15, 0.2) is 24.3 Å². The molecule has 0 aliphatic carbocycles. The highest BCUT2D eigenvalue weighted by molar-refractivity contribution is 5.77. The van der Waals surface area contributed by atoms with Crippen LogP contribution in [0.2, 0.25) is 0 Å². The summed E-state index contributed by atoms with van der Waals surface area (Å²) in [5.41, 5.74) is 0.853. The molecule has 20 heavy (non-hydrogen) atoms. The molecule has 1 aliphatic heterocycles. The van der Waals surface area contributed by atoms with E-state index in [9.17, 15) is 9.18 Å². The average molecular weight is 279 g/mol. The number of rotatable bonds is 4. The molecule has 1 saturated heterocycles. The van der Waals surface area contributed by atoms with Gasteiger partial charge in [0.15, 0.2) is 0 Å². The summed E-state index contributed by atoms with van der Waals surface area (Å²) in [5, 5.41) is 0. The van der Waals surface area contributed by atoms with Crippen LogP contribution in [0, 0.1) is 5.82 Å². The Bertz CT molecular complexity index is 456. The minimum Gasteiger partial charge on any atom is -0.377 e. The van der Waals surface area contributed by atoms with E-state index in [0.29, 0.717) is 26.2 Å². The highest BCUT2D eigenvalue weighted by atomic mass is 19.1. The van der Waals surface area contributed by atoms with Crippen molar-refractivity contribution >= 4 is 5.91 Å². The highest BCUT2D eigenvalue weighted by Gasteiger charge is 2.33. The second-order valence-electron chi connectivity index (χ2n) is 5.89. The number of carbonyl (C=O) groups excluding carboxylic acids is 1. The van der Waals surface area contributed by atoms with Gasteiger partial charge in [0.25, 0.3) is 0 Å². The van der Waals surface area contributed by atoms with Gasteiger partial charge in [-0.2, -0.15) is 0 Å². The lowest BCUT2D eigenvalue weighted by Gasteiger charge is -2.42. The number of benzene rings is 1. The fraction of sp³-hybridized carbons (Fsp3) is 0.562. The van der Waals surface area contributed by atoms with E-state index >= 15 is 0 Å². The van der Waals surface area contributed by atoms with Gasteiger partial charge in [0.05, 0.1) is 18.8 Å². The zero-order valence-corrected chi connectivity index (χ0v) is 12.2. The summed E-state index contributed by atoms with van der Waals surface area (Å²) in [5.74, 6) is -0.0414. The van der Waals surface area contributed by atoms with Gasteiger partial charge in [-0.1, -0.05) is 12.1 Å². The first kappa shape index (κ1) is 15.0. The smallest absolute Gasteiger partial charge is 0.223 e. The molecule has 1 aromatic carbocycles. The molecule has 0 spiro atoms. The van der Waals surface area contributed by atoms with Crippen molar-refractivity contribution in [3.63, 3.8) is 0 Å². The molecular weight excluding hydrogens is 257 g/mol. The normalized spacial score (nSPS) is 18.1. The van der Waals surface area contributed by atoms with Gasteiger partial charge in [-0.15, -0.1) is 0 Å². The first-order valence-electron chi connectivity index (χ1n) is 7.12. The van der Waals surface area contributed by atoms with Crippen LogP contribution in [0.1, 0.15) is 32.3 Å². The lowest BCUT2D eigenvalue weighted by atomic mass is 10.0. The van der Waals surface area contributed by atoms with Gasteiger partial charge in [-0.25, -0.2) is 4.39 Å². The third kappa shape index (κ3) is 3.79. The van der Waals surface area contributed by atoms with Gasteiger partial charge in [0.2, 0.25) is 5.91 Å². The second-order valence-corrected chi connectivity index (χ2v) is 5.89. The van der Waals surface area contributed by atoms with Crippen molar-refractivity contribution in [2.75, 3.05) is 19.8 Å². The first-order valence-corrected chi connectivity index (χ1v) is 7.12. The van der Waals surface area contributed by atoms with Crippen LogP contribution in [0.3, 0.4) is 0 Å². The molecule has 0 saturated carbocycles. The molecule has 0 bridgehead atoms. The number of ether oxygens (including phenoxy) is 1. The Morgan fingerprint density at radius 3 is 2.70 bits per heavy atom. The van der Waals surface area contributed by atoms with Crippen LogP contribution < -0.4 is 0 Å². The number of halogens is 1. The molecule has 1 aliphatic rings. The lowest BCUT2D eigenvalue weighted by Crippen LogP contribution is -2.55. The minimum atomic E-state index is -0.222. The van der Waals surface area contributed by atoms with E-state index in [1.807, 2.05) is 18.7 Å². The van der Waals surface area contributed by atoms with Gasteiger partial charge >= 0.3 is 0 Å². The summed E-state index contributed by atoms with van der Waals surface area (Å²) in [6, 6.07) is 6.47. The molecule has 0 atom stereocenters. The maximum atomic E-state index is 12.8. The SMILES string of the molecule is CC1(C)COCCN1C(=O)CCCc1ccc(F)cc1. The average Bonchev–Trinajstić information content (AvgIpc) is 2.40. The van der Waals surface area contributed by atoms with E-state index in [-0.39, 0.29) is 17.3 Å². The van der Waals surface area contributed by atoms with Gasteiger partial charge < -0.3 is 9.64 Å². The lowest BCUT2D eigenvalue weighted by molar-refractivity contribution is -0.146. The number of morpholine rings is 1. The minimum absolute atomic E-state index is 0.181. The Kier molecular flexibility index (Phi) is 4.76. The van der Waals surface area contributed by atoms with Crippen LogP contribution in [-0.2, 0) is 16.0 Å². The van der Waals surface area contributed by atoms with Gasteiger partial charge in [-0.3, -0.25) is 4.79 Å². The number of carbonyl (C=O) groups is 1. The third-order valence-electron chi connectivity index (χ3n) is 3.72. The van der Waals surface area contributed by atoms with Crippen molar-refractivity contribution in [1.29, 1.82) is 0 Å². The predicted molar refractivity (Wildman–Crippen MR) is 75.9 cm³/mol. The maximum absolute atomic E-state index is 12.8. The number of hydrogen-bond donors (Lipinski definition) is 0. The van der Waals surface area contributed by atoms with Crippen LogP contribution in [-0.4, -0.2) is 36.1 Å². The molecule has 110 valence electrons. The molecule has 0 radical (unpaired) electrons. The van der Waals surface area contributed by atoms with Crippen LogP contribution in [0.5, 0.6) is 0 Å². The molecule has 2 rings (SSSR count). The molecule has 0 N–H and O–H groups in total. The molecule has 0 aromatic heterocycles. The van der Waals surface area contributed by atoms with Crippen molar-refractivity contribution in [2.24, 2.45) is 0 Å². The van der Waals surface area contributed by atoms with Gasteiger partial charge in [0.1, 0.15) is 5.82 Å². The van der Waals surface area contributed by atoms with E-state index in [1.54, 1.807) is 12.1 Å². The summed E-state index contributed by atoms with van der Waals surface area (Å²) in [6.45, 7) is 5.94. The highest BCUT2D eigenvalue weighted by Crippen LogP contribution is 2.20. The summed E-state index contributed by atoms with van der Waals surface area (Å²) in [4.78, 5) is 14.2. The predicted octanol–water partition coefficient (Wildman–Crippen LogP) is 2.79. The Morgan fingerprint density at radius 2 is 2.05 bits per heavy atom. The molecule has 1 fully saturated rings. The fourth-order valence-electron chi connectivity index (χ4n) is 2.55. The quantitative estimate of drug-likeness (QED) is 0.848. The van der Waals surface area contributed by atoms with E-state index in [0.717, 1.165) is 18.4 Å². The zero-order chi connectivity index (χ0) is 14.6. The Balaban J connectivity index is 1.81. The summed E-state index contributed by atoms with van der Waals surface area (Å²) in [6.07, 6.45) is 2.12. The van der Waals surface area contributed by atoms with Crippen LogP contribution in [0.25, 0.3) is 0 Å². The summed E-state index contributed by atoms with van der Waals surface area (Å²) >= 11 is 0. The number of aryl methyl sites for hydroxylation is 1. The topological polar surface area (TPSA) is 29.5 Å². The summed E-state index contributed by atoms with van der Waals surface area (Å²) in [7, 11) is 0. The summed E-state index contributed by atoms with van der Waals surface area (Å²) < 4.78 is 18.2. The van der Waals surface area contributed by atoms with Crippen LogP contribution in [0.4, 0.5) is 4.39 Å². The standard InChI is InChI=1S/C16H22FNO2/c1-16(2)12-20-11-10-18(16)15(19)5-3-4-13-6-8-14(17)9-7-13/h6-9H,3-5,10-12H2,1-2H3. The maximum Gasteiger partial charge on any atom is 0.223 e. The van der Waals surface area contributed by atoms with E-state index in [4.69, 9.17) is 4.74 Å². The van der Waals surface area contributed by atoms with E-state index in [2.05, 4.69) is 0 Å². The molecule has 4 heteroatoms. The third-order valence-corrected chi connectivity index (χ3v) is 3.72.